The van der Waals surface area contributed by atoms with Crippen molar-refractivity contribution in [3.63, 3.8) is 0 Å². The third kappa shape index (κ3) is 4.28. The van der Waals surface area contributed by atoms with Crippen LogP contribution in [0.3, 0.4) is 0 Å². The molecule has 0 radical (unpaired) electrons. The van der Waals surface area contributed by atoms with E-state index in [-0.39, 0.29) is 11.8 Å². The Morgan fingerprint density at radius 2 is 1.71 bits per heavy atom. The van der Waals surface area contributed by atoms with Crippen molar-refractivity contribution >= 4 is 18.0 Å². The van der Waals surface area contributed by atoms with Crippen molar-refractivity contribution in [2.45, 2.75) is 26.2 Å². The standard InChI is InChI=1S/C10H13Cl.CH3NO/c1-10(2,3)8-6-4-5-7-9(8)11;2-1-3/h4-7H,1-3H3;1H,(H2,2,3). The van der Waals surface area contributed by atoms with Gasteiger partial charge in [0.15, 0.2) is 0 Å². The van der Waals surface area contributed by atoms with Gasteiger partial charge in [-0.2, -0.15) is 0 Å². The molecule has 0 bridgehead atoms. The van der Waals surface area contributed by atoms with E-state index in [2.05, 4.69) is 32.6 Å². The number of benzene rings is 1. The van der Waals surface area contributed by atoms with Gasteiger partial charge in [0.1, 0.15) is 0 Å². The second-order valence-corrected chi connectivity index (χ2v) is 4.27. The number of rotatable bonds is 0. The van der Waals surface area contributed by atoms with Gasteiger partial charge in [-0.15, -0.1) is 0 Å². The second kappa shape index (κ2) is 5.66. The Morgan fingerprint density at radius 3 is 2.00 bits per heavy atom. The van der Waals surface area contributed by atoms with Gasteiger partial charge >= 0.3 is 0 Å². The molecule has 0 saturated heterocycles. The molecule has 0 aliphatic carbocycles. The molecular weight excluding hydrogens is 198 g/mol. The molecule has 2 nitrogen and oxygen atoms in total. The SMILES string of the molecule is CC(C)(C)c1ccccc1Cl.NC=O. The van der Waals surface area contributed by atoms with Crippen LogP contribution in [-0.2, 0) is 10.2 Å². The summed E-state index contributed by atoms with van der Waals surface area (Å²) in [4.78, 5) is 8.58. The summed E-state index contributed by atoms with van der Waals surface area (Å²) in [6, 6.07) is 7.98. The maximum Gasteiger partial charge on any atom is 0.204 e. The topological polar surface area (TPSA) is 43.1 Å². The minimum atomic E-state index is 0.151. The van der Waals surface area contributed by atoms with Crippen LogP contribution < -0.4 is 5.73 Å². The molecule has 0 unspecified atom stereocenters. The minimum Gasteiger partial charge on any atom is -0.372 e. The Hall–Kier alpha value is -1.02. The van der Waals surface area contributed by atoms with Gasteiger partial charge in [0.25, 0.3) is 0 Å². The van der Waals surface area contributed by atoms with Crippen LogP contribution in [0.2, 0.25) is 5.02 Å². The highest BCUT2D eigenvalue weighted by molar-refractivity contribution is 6.31. The zero-order valence-electron chi connectivity index (χ0n) is 8.75. The average Bonchev–Trinajstić information content (AvgIpc) is 2.04. The van der Waals surface area contributed by atoms with Crippen LogP contribution in [0.1, 0.15) is 26.3 Å². The first-order valence-electron chi connectivity index (χ1n) is 4.34. The maximum absolute atomic E-state index is 8.58. The fourth-order valence-electron chi connectivity index (χ4n) is 1.07. The van der Waals surface area contributed by atoms with Crippen LogP contribution >= 0.6 is 11.6 Å². The van der Waals surface area contributed by atoms with Crippen LogP contribution in [-0.4, -0.2) is 6.41 Å². The van der Waals surface area contributed by atoms with E-state index in [0.29, 0.717) is 0 Å². The smallest absolute Gasteiger partial charge is 0.204 e. The first kappa shape index (κ1) is 13.0. The molecule has 0 fully saturated rings. The van der Waals surface area contributed by atoms with Crippen molar-refractivity contribution in [2.24, 2.45) is 5.73 Å². The van der Waals surface area contributed by atoms with E-state index < -0.39 is 0 Å². The largest absolute Gasteiger partial charge is 0.372 e. The Balaban J connectivity index is 0.000000500. The number of primary amides is 1. The normalized spacial score (nSPS) is 10.0. The summed E-state index contributed by atoms with van der Waals surface area (Å²) < 4.78 is 0. The van der Waals surface area contributed by atoms with Gasteiger partial charge in [-0.1, -0.05) is 50.6 Å². The van der Waals surface area contributed by atoms with Crippen molar-refractivity contribution in [1.82, 2.24) is 0 Å². The van der Waals surface area contributed by atoms with Crippen molar-refractivity contribution in [3.05, 3.63) is 34.9 Å². The van der Waals surface area contributed by atoms with E-state index in [0.717, 1.165) is 5.02 Å². The highest BCUT2D eigenvalue weighted by Gasteiger charge is 2.15. The lowest BCUT2D eigenvalue weighted by Gasteiger charge is -2.19. The number of nitrogens with two attached hydrogens (primary N) is 1. The second-order valence-electron chi connectivity index (χ2n) is 3.87. The van der Waals surface area contributed by atoms with Crippen molar-refractivity contribution in [2.75, 3.05) is 0 Å². The minimum absolute atomic E-state index is 0.151. The molecule has 78 valence electrons. The zero-order chi connectivity index (χ0) is 11.2. The summed E-state index contributed by atoms with van der Waals surface area (Å²) in [5.41, 5.74) is 5.53. The molecule has 0 saturated carbocycles. The molecule has 0 aromatic heterocycles. The highest BCUT2D eigenvalue weighted by Crippen LogP contribution is 2.28. The molecule has 0 atom stereocenters. The fourth-order valence-corrected chi connectivity index (χ4v) is 1.49. The summed E-state index contributed by atoms with van der Waals surface area (Å²) >= 11 is 6.01. The third-order valence-corrected chi connectivity index (χ3v) is 2.01. The number of hydrogen-bond acceptors (Lipinski definition) is 1. The molecule has 14 heavy (non-hydrogen) atoms. The number of carbonyl (C=O) groups excluding carboxylic acids is 1. The van der Waals surface area contributed by atoms with Gasteiger partial charge in [0.2, 0.25) is 6.41 Å². The molecule has 0 aliphatic heterocycles. The molecule has 2 N–H and O–H groups in total. The van der Waals surface area contributed by atoms with Gasteiger partial charge < -0.3 is 5.73 Å². The Bertz CT molecular complexity index is 292. The number of halogens is 1. The first-order chi connectivity index (χ1) is 6.43. The lowest BCUT2D eigenvalue weighted by Crippen LogP contribution is -2.11. The van der Waals surface area contributed by atoms with E-state index in [4.69, 9.17) is 16.4 Å². The molecular formula is C11H16ClNO. The zero-order valence-corrected chi connectivity index (χ0v) is 9.51. The summed E-state index contributed by atoms with van der Waals surface area (Å²) in [5, 5.41) is 0.861. The predicted octanol–water partition coefficient (Wildman–Crippen LogP) is 2.74. The maximum atomic E-state index is 8.58. The molecule has 0 spiro atoms. The van der Waals surface area contributed by atoms with Crippen LogP contribution in [0.5, 0.6) is 0 Å². The molecule has 1 rings (SSSR count). The summed E-state index contributed by atoms with van der Waals surface area (Å²) in [7, 11) is 0. The Labute approximate surface area is 90.1 Å². The molecule has 0 heterocycles. The van der Waals surface area contributed by atoms with Crippen LogP contribution in [0.15, 0.2) is 24.3 Å². The van der Waals surface area contributed by atoms with E-state index in [9.17, 15) is 0 Å². The summed E-state index contributed by atoms with van der Waals surface area (Å²) in [6.07, 6.45) is 0.250. The lowest BCUT2D eigenvalue weighted by atomic mass is 9.87. The Kier molecular flexibility index (Phi) is 5.24. The highest BCUT2D eigenvalue weighted by atomic mass is 35.5. The summed E-state index contributed by atoms with van der Waals surface area (Å²) in [6.45, 7) is 6.48. The van der Waals surface area contributed by atoms with Crippen molar-refractivity contribution in [3.8, 4) is 0 Å². The van der Waals surface area contributed by atoms with Crippen LogP contribution in [0.25, 0.3) is 0 Å². The van der Waals surface area contributed by atoms with E-state index >= 15 is 0 Å². The molecule has 3 heteroatoms. The van der Waals surface area contributed by atoms with Gasteiger partial charge in [-0.3, -0.25) is 4.79 Å². The van der Waals surface area contributed by atoms with E-state index in [1.165, 1.54) is 5.56 Å². The quantitative estimate of drug-likeness (QED) is 0.662. The molecule has 1 amide bonds. The average molecular weight is 214 g/mol. The van der Waals surface area contributed by atoms with E-state index in [1.807, 2.05) is 18.2 Å². The van der Waals surface area contributed by atoms with Gasteiger partial charge in [-0.25, -0.2) is 0 Å². The molecule has 1 aromatic carbocycles. The fraction of sp³-hybridized carbons (Fsp3) is 0.364. The number of carbonyl (C=O) groups is 1. The van der Waals surface area contributed by atoms with Gasteiger partial charge in [0, 0.05) is 5.02 Å². The third-order valence-electron chi connectivity index (χ3n) is 1.68. The predicted molar refractivity (Wildman–Crippen MR) is 60.4 cm³/mol. The monoisotopic (exact) mass is 213 g/mol. The van der Waals surface area contributed by atoms with Crippen molar-refractivity contribution in [1.29, 1.82) is 0 Å². The van der Waals surface area contributed by atoms with Gasteiger partial charge in [-0.05, 0) is 17.0 Å². The van der Waals surface area contributed by atoms with E-state index in [1.54, 1.807) is 0 Å². The van der Waals surface area contributed by atoms with Crippen LogP contribution in [0, 0.1) is 0 Å². The summed E-state index contributed by atoms with van der Waals surface area (Å²) in [5.74, 6) is 0. The molecule has 1 aromatic rings. The lowest BCUT2D eigenvalue weighted by molar-refractivity contribution is -0.106. The van der Waals surface area contributed by atoms with Crippen molar-refractivity contribution < 1.29 is 4.79 Å². The number of amides is 1. The van der Waals surface area contributed by atoms with Crippen LogP contribution in [0.4, 0.5) is 0 Å². The number of hydrogen-bond donors (Lipinski definition) is 1. The molecule has 0 aliphatic rings. The first-order valence-corrected chi connectivity index (χ1v) is 4.71. The van der Waals surface area contributed by atoms with Gasteiger partial charge in [0.05, 0.1) is 0 Å². The Morgan fingerprint density at radius 1 is 1.29 bits per heavy atom.